The summed E-state index contributed by atoms with van der Waals surface area (Å²) < 4.78 is 0. The summed E-state index contributed by atoms with van der Waals surface area (Å²) in [5.74, 6) is 1.63. The van der Waals surface area contributed by atoms with Gasteiger partial charge in [-0.25, -0.2) is 4.99 Å². The van der Waals surface area contributed by atoms with Gasteiger partial charge in [0.1, 0.15) is 5.84 Å². The number of hydrogen-bond donors (Lipinski definition) is 3. The molecule has 1 fully saturated rings. The molecule has 4 N–H and O–H groups in total. The average Bonchev–Trinajstić information content (AvgIpc) is 2.38. The van der Waals surface area contributed by atoms with Crippen molar-refractivity contribution in [2.75, 3.05) is 0 Å². The molecule has 0 amide bonds. The zero-order chi connectivity index (χ0) is 11.3. The lowest BCUT2D eigenvalue weighted by atomic mass is 9.70. The van der Waals surface area contributed by atoms with Crippen molar-refractivity contribution in [3.05, 3.63) is 23.8 Å². The van der Waals surface area contributed by atoms with Crippen LogP contribution in [0.1, 0.15) is 24.3 Å². The second-order valence-corrected chi connectivity index (χ2v) is 4.59. The highest BCUT2D eigenvalue weighted by Gasteiger charge is 2.36. The van der Waals surface area contributed by atoms with Gasteiger partial charge < -0.3 is 15.8 Å². The Morgan fingerprint density at radius 3 is 2.69 bits per heavy atom. The van der Waals surface area contributed by atoms with Gasteiger partial charge in [-0.15, -0.1) is 0 Å². The highest BCUT2D eigenvalue weighted by Crippen LogP contribution is 2.47. The molecule has 0 saturated heterocycles. The molecule has 1 aliphatic carbocycles. The number of rotatable bonds is 1. The molecular formula is C11H13BN2O2. The maximum atomic E-state index is 9.11. The zero-order valence-electron chi connectivity index (χ0n) is 8.80. The molecule has 4 rings (SSSR count). The van der Waals surface area contributed by atoms with Gasteiger partial charge in [0.05, 0.1) is 5.69 Å². The minimum Gasteiger partial charge on any atom is -0.423 e. The van der Waals surface area contributed by atoms with E-state index in [1.165, 1.54) is 5.56 Å². The van der Waals surface area contributed by atoms with E-state index in [4.69, 9.17) is 15.8 Å². The largest absolute Gasteiger partial charge is 0.488 e. The van der Waals surface area contributed by atoms with E-state index in [1.807, 2.05) is 6.07 Å². The van der Waals surface area contributed by atoms with Crippen LogP contribution in [0, 0.1) is 5.92 Å². The summed E-state index contributed by atoms with van der Waals surface area (Å²) in [6.07, 6.45) is 2.15. The summed E-state index contributed by atoms with van der Waals surface area (Å²) in [5, 5.41) is 18.2. The molecule has 3 aliphatic rings. The van der Waals surface area contributed by atoms with Crippen LogP contribution in [-0.2, 0) is 0 Å². The number of aliphatic imine (C=N–C) groups is 1. The summed E-state index contributed by atoms with van der Waals surface area (Å²) in [4.78, 5) is 4.38. The van der Waals surface area contributed by atoms with Crippen LogP contribution in [0.4, 0.5) is 5.69 Å². The minimum absolute atomic E-state index is 0.417. The van der Waals surface area contributed by atoms with Gasteiger partial charge in [0.2, 0.25) is 0 Å². The molecular weight excluding hydrogens is 203 g/mol. The number of nitrogens with two attached hydrogens (primary N) is 1. The van der Waals surface area contributed by atoms with E-state index in [0.29, 0.717) is 23.1 Å². The standard InChI is InChI=1S/C11H13BN2O2/c13-11-7-3-6(4-7)9-2-1-8(12(15)16)5-10(9)14-11/h1-2,5-7,15-16H,3-4H2,(H2,13,14). The third-order valence-corrected chi connectivity index (χ3v) is 3.60. The van der Waals surface area contributed by atoms with Crippen LogP contribution in [0.15, 0.2) is 23.2 Å². The fraction of sp³-hybridized carbons (Fsp3) is 0.364. The van der Waals surface area contributed by atoms with Crippen LogP contribution >= 0.6 is 0 Å². The molecule has 1 aromatic rings. The molecule has 2 heterocycles. The first-order valence-electron chi connectivity index (χ1n) is 5.49. The maximum absolute atomic E-state index is 9.11. The Morgan fingerprint density at radius 1 is 1.25 bits per heavy atom. The molecule has 1 saturated carbocycles. The van der Waals surface area contributed by atoms with Crippen molar-refractivity contribution in [3.63, 3.8) is 0 Å². The minimum atomic E-state index is -1.44. The van der Waals surface area contributed by atoms with Crippen molar-refractivity contribution in [1.82, 2.24) is 0 Å². The Bertz CT molecular complexity index is 467. The van der Waals surface area contributed by atoms with Crippen LogP contribution in [0.5, 0.6) is 0 Å². The van der Waals surface area contributed by atoms with Crippen LogP contribution in [-0.4, -0.2) is 23.0 Å². The second-order valence-electron chi connectivity index (χ2n) is 4.59. The lowest BCUT2D eigenvalue weighted by Crippen LogP contribution is -2.32. The van der Waals surface area contributed by atoms with Crippen molar-refractivity contribution < 1.29 is 10.0 Å². The predicted octanol–water partition coefficient (Wildman–Crippen LogP) is -0.138. The smallest absolute Gasteiger partial charge is 0.423 e. The Labute approximate surface area is 94.0 Å². The highest BCUT2D eigenvalue weighted by molar-refractivity contribution is 6.58. The van der Waals surface area contributed by atoms with Gasteiger partial charge >= 0.3 is 7.12 Å². The maximum Gasteiger partial charge on any atom is 0.488 e. The monoisotopic (exact) mass is 216 g/mol. The SMILES string of the molecule is NC1=Nc2cc(B(O)O)ccc2C2CC1C2. The van der Waals surface area contributed by atoms with Gasteiger partial charge in [-0.2, -0.15) is 0 Å². The van der Waals surface area contributed by atoms with E-state index < -0.39 is 7.12 Å². The Kier molecular flexibility index (Phi) is 2.06. The highest BCUT2D eigenvalue weighted by atomic mass is 16.4. The van der Waals surface area contributed by atoms with E-state index in [2.05, 4.69) is 4.99 Å². The fourth-order valence-corrected chi connectivity index (χ4v) is 2.51. The summed E-state index contributed by atoms with van der Waals surface area (Å²) in [6.45, 7) is 0. The van der Waals surface area contributed by atoms with Crippen molar-refractivity contribution in [1.29, 1.82) is 0 Å². The van der Waals surface area contributed by atoms with Gasteiger partial charge in [-0.3, -0.25) is 0 Å². The summed E-state index contributed by atoms with van der Waals surface area (Å²) in [7, 11) is -1.44. The normalized spacial score (nSPS) is 26.2. The van der Waals surface area contributed by atoms with E-state index in [-0.39, 0.29) is 0 Å². The number of benzene rings is 1. The van der Waals surface area contributed by atoms with Crippen LogP contribution in [0.25, 0.3) is 0 Å². The number of amidine groups is 1. The third kappa shape index (κ3) is 1.36. The van der Waals surface area contributed by atoms with E-state index in [1.54, 1.807) is 12.1 Å². The van der Waals surface area contributed by atoms with Crippen LogP contribution in [0.3, 0.4) is 0 Å². The van der Waals surface area contributed by atoms with E-state index >= 15 is 0 Å². The molecule has 2 aliphatic heterocycles. The lowest BCUT2D eigenvalue weighted by molar-refractivity contribution is 0.348. The Balaban J connectivity index is 2.10. The first-order valence-corrected chi connectivity index (χ1v) is 5.49. The van der Waals surface area contributed by atoms with Crippen molar-refractivity contribution in [2.24, 2.45) is 16.6 Å². The summed E-state index contributed by atoms with van der Waals surface area (Å²) in [5.41, 5.74) is 8.33. The molecule has 0 unspecified atom stereocenters. The van der Waals surface area contributed by atoms with Crippen LogP contribution < -0.4 is 11.2 Å². The van der Waals surface area contributed by atoms with Gasteiger partial charge in [-0.05, 0) is 35.9 Å². The van der Waals surface area contributed by atoms with Crippen molar-refractivity contribution in [2.45, 2.75) is 18.8 Å². The molecule has 0 aromatic heterocycles. The molecule has 0 radical (unpaired) electrons. The molecule has 0 atom stereocenters. The number of hydrogen-bond acceptors (Lipinski definition) is 4. The first kappa shape index (κ1) is 9.87. The molecule has 5 heteroatoms. The molecule has 1 aromatic carbocycles. The fourth-order valence-electron chi connectivity index (χ4n) is 2.51. The summed E-state index contributed by atoms with van der Waals surface area (Å²) in [6, 6.07) is 5.40. The van der Waals surface area contributed by atoms with E-state index in [0.717, 1.165) is 18.5 Å². The topological polar surface area (TPSA) is 78.8 Å². The zero-order valence-corrected chi connectivity index (χ0v) is 8.80. The number of nitrogens with zero attached hydrogens (tertiary/aromatic N) is 1. The van der Waals surface area contributed by atoms with Gasteiger partial charge in [-0.1, -0.05) is 12.1 Å². The Morgan fingerprint density at radius 2 is 2.00 bits per heavy atom. The molecule has 82 valence electrons. The van der Waals surface area contributed by atoms with E-state index in [9.17, 15) is 0 Å². The lowest BCUT2D eigenvalue weighted by Gasteiger charge is -2.32. The van der Waals surface area contributed by atoms with Crippen LogP contribution in [0.2, 0.25) is 0 Å². The Hall–Kier alpha value is -1.33. The predicted molar refractivity (Wildman–Crippen MR) is 63.0 cm³/mol. The van der Waals surface area contributed by atoms with Gasteiger partial charge in [0.15, 0.2) is 0 Å². The molecule has 2 bridgehead atoms. The molecule has 0 spiro atoms. The first-order chi connectivity index (χ1) is 7.65. The third-order valence-electron chi connectivity index (χ3n) is 3.60. The summed E-state index contributed by atoms with van der Waals surface area (Å²) >= 11 is 0. The quantitative estimate of drug-likeness (QED) is 0.571. The van der Waals surface area contributed by atoms with Crippen molar-refractivity contribution >= 4 is 24.1 Å². The van der Waals surface area contributed by atoms with Gasteiger partial charge in [0, 0.05) is 5.92 Å². The molecule has 4 nitrogen and oxygen atoms in total. The average molecular weight is 216 g/mol. The molecule has 16 heavy (non-hydrogen) atoms. The second kappa shape index (κ2) is 3.33. The van der Waals surface area contributed by atoms with Crippen molar-refractivity contribution in [3.8, 4) is 0 Å². The van der Waals surface area contributed by atoms with Gasteiger partial charge in [0.25, 0.3) is 0 Å².